The molecule has 6 heteroatoms. The zero-order valence-corrected chi connectivity index (χ0v) is 12.1. The van der Waals surface area contributed by atoms with Crippen LogP contribution in [0.5, 0.6) is 0 Å². The summed E-state index contributed by atoms with van der Waals surface area (Å²) in [6.45, 7) is 2.23. The normalized spacial score (nSPS) is 10.2. The Morgan fingerprint density at radius 3 is 2.62 bits per heavy atom. The smallest absolute Gasteiger partial charge is 0.300 e. The van der Waals surface area contributed by atoms with Gasteiger partial charge in [0.2, 0.25) is 0 Å². The first kappa shape index (κ1) is 15.0. The standard InChI is InChI=1S/C15H13ClN2O3/c1-10-5-2-3-6-11(10)9-17-15(19)12-7-4-8-13(16)14(12)18(20)21/h2-8H,9H2,1H3,(H,17,19). The van der Waals surface area contributed by atoms with E-state index in [1.54, 1.807) is 0 Å². The van der Waals surface area contributed by atoms with Gasteiger partial charge in [0.25, 0.3) is 5.91 Å². The van der Waals surface area contributed by atoms with Crippen molar-refractivity contribution in [2.75, 3.05) is 0 Å². The number of nitrogens with one attached hydrogen (secondary N) is 1. The SMILES string of the molecule is Cc1ccccc1CNC(=O)c1cccc(Cl)c1[N+](=O)[O-]. The van der Waals surface area contributed by atoms with Gasteiger partial charge >= 0.3 is 5.69 Å². The second kappa shape index (κ2) is 6.37. The summed E-state index contributed by atoms with van der Waals surface area (Å²) >= 11 is 5.79. The predicted octanol–water partition coefficient (Wildman–Crippen LogP) is 3.49. The summed E-state index contributed by atoms with van der Waals surface area (Å²) in [5.41, 5.74) is 1.58. The second-order valence-electron chi connectivity index (χ2n) is 4.50. The topological polar surface area (TPSA) is 72.2 Å². The molecule has 0 radical (unpaired) electrons. The van der Waals surface area contributed by atoms with E-state index in [1.165, 1.54) is 18.2 Å². The van der Waals surface area contributed by atoms with Crippen molar-refractivity contribution >= 4 is 23.2 Å². The van der Waals surface area contributed by atoms with Crippen molar-refractivity contribution in [1.82, 2.24) is 5.32 Å². The minimum atomic E-state index is -0.648. The van der Waals surface area contributed by atoms with Crippen LogP contribution in [-0.4, -0.2) is 10.8 Å². The van der Waals surface area contributed by atoms with Gasteiger partial charge in [-0.05, 0) is 30.2 Å². The molecular formula is C15H13ClN2O3. The Hall–Kier alpha value is -2.40. The van der Waals surface area contributed by atoms with E-state index in [-0.39, 0.29) is 16.3 Å². The molecule has 2 aromatic carbocycles. The second-order valence-corrected chi connectivity index (χ2v) is 4.91. The fourth-order valence-corrected chi connectivity index (χ4v) is 2.21. The maximum Gasteiger partial charge on any atom is 0.300 e. The number of benzene rings is 2. The molecule has 0 unspecified atom stereocenters. The van der Waals surface area contributed by atoms with Crippen molar-refractivity contribution in [3.63, 3.8) is 0 Å². The highest BCUT2D eigenvalue weighted by Gasteiger charge is 2.23. The van der Waals surface area contributed by atoms with Crippen LogP contribution in [0.2, 0.25) is 5.02 Å². The number of amides is 1. The Labute approximate surface area is 126 Å². The van der Waals surface area contributed by atoms with Gasteiger partial charge in [-0.1, -0.05) is 41.9 Å². The molecule has 1 N–H and O–H groups in total. The molecule has 1 amide bonds. The number of nitro benzene ring substituents is 1. The first-order valence-electron chi connectivity index (χ1n) is 6.26. The van der Waals surface area contributed by atoms with Gasteiger partial charge in [0.15, 0.2) is 0 Å². The van der Waals surface area contributed by atoms with Gasteiger partial charge in [-0.15, -0.1) is 0 Å². The largest absolute Gasteiger partial charge is 0.348 e. The molecule has 0 aliphatic carbocycles. The van der Waals surface area contributed by atoms with Crippen LogP contribution in [0.4, 0.5) is 5.69 Å². The molecule has 0 aliphatic heterocycles. The minimum Gasteiger partial charge on any atom is -0.348 e. The van der Waals surface area contributed by atoms with Crippen LogP contribution < -0.4 is 5.32 Å². The molecular weight excluding hydrogens is 292 g/mol. The summed E-state index contributed by atoms with van der Waals surface area (Å²) in [5.74, 6) is -0.521. The van der Waals surface area contributed by atoms with Gasteiger partial charge in [0.05, 0.1) is 4.92 Å². The summed E-state index contributed by atoms with van der Waals surface area (Å²) in [5, 5.41) is 13.6. The van der Waals surface area contributed by atoms with Gasteiger partial charge in [-0.3, -0.25) is 14.9 Å². The lowest BCUT2D eigenvalue weighted by Crippen LogP contribution is -2.24. The number of rotatable bonds is 4. The summed E-state index contributed by atoms with van der Waals surface area (Å²) in [4.78, 5) is 22.5. The molecule has 2 rings (SSSR count). The molecule has 2 aromatic rings. The number of halogens is 1. The monoisotopic (exact) mass is 304 g/mol. The number of hydrogen-bond acceptors (Lipinski definition) is 3. The number of carbonyl (C=O) groups excluding carboxylic acids is 1. The number of nitro groups is 1. The van der Waals surface area contributed by atoms with Gasteiger partial charge in [-0.2, -0.15) is 0 Å². The number of para-hydroxylation sites is 1. The van der Waals surface area contributed by atoms with Crippen molar-refractivity contribution in [2.24, 2.45) is 0 Å². The summed E-state index contributed by atoms with van der Waals surface area (Å²) in [6.07, 6.45) is 0. The van der Waals surface area contributed by atoms with Crippen LogP contribution in [0.15, 0.2) is 42.5 Å². The lowest BCUT2D eigenvalue weighted by atomic mass is 10.1. The van der Waals surface area contributed by atoms with Crippen molar-refractivity contribution in [3.05, 3.63) is 74.3 Å². The van der Waals surface area contributed by atoms with E-state index < -0.39 is 10.8 Å². The average molecular weight is 305 g/mol. The summed E-state index contributed by atoms with van der Waals surface area (Å²) in [7, 11) is 0. The highest BCUT2D eigenvalue weighted by atomic mass is 35.5. The van der Waals surface area contributed by atoms with Crippen LogP contribution >= 0.6 is 11.6 Å². The highest BCUT2D eigenvalue weighted by Crippen LogP contribution is 2.28. The Bertz CT molecular complexity index is 701. The molecule has 0 saturated heterocycles. The zero-order valence-electron chi connectivity index (χ0n) is 11.3. The molecule has 0 saturated carbocycles. The first-order chi connectivity index (χ1) is 10.0. The Balaban J connectivity index is 2.20. The minimum absolute atomic E-state index is 0.0407. The summed E-state index contributed by atoms with van der Waals surface area (Å²) < 4.78 is 0. The van der Waals surface area contributed by atoms with Crippen molar-refractivity contribution in [3.8, 4) is 0 Å². The van der Waals surface area contributed by atoms with E-state index in [0.717, 1.165) is 11.1 Å². The molecule has 0 aromatic heterocycles. The third-order valence-electron chi connectivity index (χ3n) is 3.11. The van der Waals surface area contributed by atoms with E-state index in [9.17, 15) is 14.9 Å². The molecule has 0 spiro atoms. The molecule has 21 heavy (non-hydrogen) atoms. The van der Waals surface area contributed by atoms with Gasteiger partial charge in [0.1, 0.15) is 10.6 Å². The maximum atomic E-state index is 12.1. The lowest BCUT2D eigenvalue weighted by molar-refractivity contribution is -0.385. The quantitative estimate of drug-likeness (QED) is 0.694. The molecule has 0 aliphatic rings. The Kier molecular flexibility index (Phi) is 4.55. The fourth-order valence-electron chi connectivity index (χ4n) is 1.96. The summed E-state index contributed by atoms with van der Waals surface area (Å²) in [6, 6.07) is 11.9. The van der Waals surface area contributed by atoms with Crippen molar-refractivity contribution in [2.45, 2.75) is 13.5 Å². The highest BCUT2D eigenvalue weighted by molar-refractivity contribution is 6.33. The molecule has 0 heterocycles. The number of hydrogen-bond donors (Lipinski definition) is 1. The molecule has 108 valence electrons. The van der Waals surface area contributed by atoms with E-state index in [0.29, 0.717) is 6.54 Å². The van der Waals surface area contributed by atoms with E-state index >= 15 is 0 Å². The van der Waals surface area contributed by atoms with Crippen LogP contribution in [0, 0.1) is 17.0 Å². The van der Waals surface area contributed by atoms with E-state index in [4.69, 9.17) is 11.6 Å². The third-order valence-corrected chi connectivity index (χ3v) is 3.42. The Morgan fingerprint density at radius 2 is 1.95 bits per heavy atom. The number of aryl methyl sites for hydroxylation is 1. The fraction of sp³-hybridized carbons (Fsp3) is 0.133. The van der Waals surface area contributed by atoms with Crippen molar-refractivity contribution in [1.29, 1.82) is 0 Å². The molecule has 0 bridgehead atoms. The van der Waals surface area contributed by atoms with Gasteiger partial charge in [-0.25, -0.2) is 0 Å². The molecule has 0 atom stereocenters. The van der Waals surface area contributed by atoms with Crippen LogP contribution in [0.1, 0.15) is 21.5 Å². The zero-order chi connectivity index (χ0) is 15.4. The Morgan fingerprint density at radius 1 is 1.24 bits per heavy atom. The average Bonchev–Trinajstić information content (AvgIpc) is 2.45. The lowest BCUT2D eigenvalue weighted by Gasteiger charge is -2.08. The first-order valence-corrected chi connectivity index (χ1v) is 6.64. The van der Waals surface area contributed by atoms with E-state index in [1.807, 2.05) is 31.2 Å². The molecule has 0 fully saturated rings. The van der Waals surface area contributed by atoms with Crippen LogP contribution in [0.25, 0.3) is 0 Å². The van der Waals surface area contributed by atoms with Crippen molar-refractivity contribution < 1.29 is 9.72 Å². The number of carbonyl (C=O) groups is 1. The van der Waals surface area contributed by atoms with Crippen LogP contribution in [-0.2, 0) is 6.54 Å². The van der Waals surface area contributed by atoms with Crippen LogP contribution in [0.3, 0.4) is 0 Å². The van der Waals surface area contributed by atoms with E-state index in [2.05, 4.69) is 5.32 Å². The maximum absolute atomic E-state index is 12.1. The van der Waals surface area contributed by atoms with Gasteiger partial charge in [0, 0.05) is 6.54 Å². The third kappa shape index (κ3) is 3.38. The van der Waals surface area contributed by atoms with Gasteiger partial charge < -0.3 is 5.32 Å². The molecule has 5 nitrogen and oxygen atoms in total. The predicted molar refractivity (Wildman–Crippen MR) is 80.5 cm³/mol. The number of nitrogens with zero attached hydrogens (tertiary/aromatic N) is 1.